The minimum Gasteiger partial charge on any atom is -0.482 e. The molecule has 0 spiro atoms. The lowest BCUT2D eigenvalue weighted by molar-refractivity contribution is -0.141. The van der Waals surface area contributed by atoms with Crippen molar-refractivity contribution >= 4 is 44.7 Å². The van der Waals surface area contributed by atoms with E-state index in [0.717, 1.165) is 11.3 Å². The van der Waals surface area contributed by atoms with Gasteiger partial charge in [-0.2, -0.15) is 4.72 Å². The summed E-state index contributed by atoms with van der Waals surface area (Å²) >= 11 is 1.01. The summed E-state index contributed by atoms with van der Waals surface area (Å²) < 4.78 is 36.0. The van der Waals surface area contributed by atoms with Crippen LogP contribution in [0.25, 0.3) is 0 Å². The first-order chi connectivity index (χ1) is 12.8. The number of esters is 1. The van der Waals surface area contributed by atoms with Crippen molar-refractivity contribution in [1.29, 1.82) is 0 Å². The number of thiophene rings is 1. The van der Waals surface area contributed by atoms with Crippen molar-refractivity contribution in [2.24, 2.45) is 0 Å². The van der Waals surface area contributed by atoms with Crippen molar-refractivity contribution < 1.29 is 32.3 Å². The number of fused-ring (bicyclic) bond motifs is 1. The van der Waals surface area contributed by atoms with Crippen molar-refractivity contribution in [3.8, 4) is 5.75 Å². The van der Waals surface area contributed by atoms with E-state index in [9.17, 15) is 22.8 Å². The van der Waals surface area contributed by atoms with Gasteiger partial charge in [0.15, 0.2) is 19.0 Å². The van der Waals surface area contributed by atoms with Gasteiger partial charge in [-0.05, 0) is 29.6 Å². The van der Waals surface area contributed by atoms with Gasteiger partial charge in [-0.25, -0.2) is 8.42 Å². The van der Waals surface area contributed by atoms with E-state index in [1.54, 1.807) is 11.4 Å². The number of Topliss-reactive ketones (excluding diaryl/α,β-unsaturated/α-hetero) is 1. The molecule has 0 unspecified atom stereocenters. The molecule has 2 N–H and O–H groups in total. The second kappa shape index (κ2) is 7.86. The average molecular weight is 410 g/mol. The third-order valence-corrected chi connectivity index (χ3v) is 6.26. The van der Waals surface area contributed by atoms with Crippen molar-refractivity contribution in [2.45, 2.75) is 4.21 Å². The largest absolute Gasteiger partial charge is 0.482 e. The molecule has 142 valence electrons. The van der Waals surface area contributed by atoms with Gasteiger partial charge in [-0.1, -0.05) is 6.07 Å². The molecule has 0 aliphatic carbocycles. The molecule has 0 fully saturated rings. The topological polar surface area (TPSA) is 128 Å². The molecular weight excluding hydrogens is 396 g/mol. The number of rotatable bonds is 7. The van der Waals surface area contributed by atoms with Crippen LogP contribution in [-0.4, -0.2) is 45.8 Å². The number of carbonyl (C=O) groups excluding carboxylic acids is 3. The normalized spacial score (nSPS) is 13.3. The molecular formula is C16H14N2O7S2. The molecule has 0 saturated heterocycles. The number of sulfonamides is 1. The smallest absolute Gasteiger partial charge is 0.321 e. The Balaban J connectivity index is 1.52. The van der Waals surface area contributed by atoms with Crippen LogP contribution >= 0.6 is 11.3 Å². The van der Waals surface area contributed by atoms with E-state index in [2.05, 4.69) is 10.0 Å². The van der Waals surface area contributed by atoms with Crippen molar-refractivity contribution in [3.63, 3.8) is 0 Å². The maximum atomic E-state index is 12.1. The number of anilines is 1. The zero-order chi connectivity index (χ0) is 19.4. The predicted molar refractivity (Wildman–Crippen MR) is 95.4 cm³/mol. The summed E-state index contributed by atoms with van der Waals surface area (Å²) in [5.74, 6) is -1.30. The highest BCUT2D eigenvalue weighted by Crippen LogP contribution is 2.28. The van der Waals surface area contributed by atoms with Crippen LogP contribution in [0.5, 0.6) is 5.75 Å². The first kappa shape index (κ1) is 19.0. The quantitative estimate of drug-likeness (QED) is 0.510. The van der Waals surface area contributed by atoms with Gasteiger partial charge in [0.2, 0.25) is 0 Å². The van der Waals surface area contributed by atoms with E-state index in [4.69, 9.17) is 9.47 Å². The third-order valence-electron chi connectivity index (χ3n) is 3.47. The average Bonchev–Trinajstić information content (AvgIpc) is 3.19. The van der Waals surface area contributed by atoms with Crippen molar-refractivity contribution in [3.05, 3.63) is 41.3 Å². The number of ether oxygens (including phenoxy) is 2. The molecule has 1 aromatic heterocycles. The molecule has 1 aliphatic rings. The first-order valence-corrected chi connectivity index (χ1v) is 10.00. The van der Waals surface area contributed by atoms with Crippen molar-refractivity contribution in [2.75, 3.05) is 25.1 Å². The van der Waals surface area contributed by atoms with Gasteiger partial charge in [0.05, 0.1) is 5.69 Å². The van der Waals surface area contributed by atoms with Crippen LogP contribution in [0.2, 0.25) is 0 Å². The SMILES string of the molecule is O=C1COc2ccc(C(=O)COC(=O)CNS(=O)(=O)c3cccs3)cc2N1. The number of amides is 1. The Morgan fingerprint density at radius 1 is 1.30 bits per heavy atom. The molecule has 2 heterocycles. The second-order valence-electron chi connectivity index (χ2n) is 5.39. The minimum atomic E-state index is -3.79. The Morgan fingerprint density at radius 3 is 2.85 bits per heavy atom. The molecule has 11 heteroatoms. The maximum absolute atomic E-state index is 12.1. The fraction of sp³-hybridized carbons (Fsp3) is 0.188. The molecule has 0 radical (unpaired) electrons. The summed E-state index contributed by atoms with van der Waals surface area (Å²) in [6.07, 6.45) is 0. The molecule has 0 bridgehead atoms. The maximum Gasteiger partial charge on any atom is 0.321 e. The molecule has 2 aromatic rings. The summed E-state index contributed by atoms with van der Waals surface area (Å²) in [5.41, 5.74) is 0.568. The lowest BCUT2D eigenvalue weighted by Gasteiger charge is -2.18. The fourth-order valence-corrected chi connectivity index (χ4v) is 4.18. The number of hydrogen-bond donors (Lipinski definition) is 2. The minimum absolute atomic E-state index is 0.0738. The highest BCUT2D eigenvalue weighted by atomic mass is 32.2. The van der Waals surface area contributed by atoms with Gasteiger partial charge in [0.25, 0.3) is 15.9 Å². The predicted octanol–water partition coefficient (Wildman–Crippen LogP) is 0.783. The molecule has 0 saturated carbocycles. The van der Waals surface area contributed by atoms with Crippen LogP contribution < -0.4 is 14.8 Å². The summed E-state index contributed by atoms with van der Waals surface area (Å²) in [5, 5.41) is 4.17. The lowest BCUT2D eigenvalue weighted by atomic mass is 10.1. The van der Waals surface area contributed by atoms with E-state index >= 15 is 0 Å². The number of ketones is 1. The van der Waals surface area contributed by atoms with Gasteiger partial charge in [-0.3, -0.25) is 14.4 Å². The van der Waals surface area contributed by atoms with Crippen LogP contribution in [0.3, 0.4) is 0 Å². The summed E-state index contributed by atoms with van der Waals surface area (Å²) in [6, 6.07) is 7.40. The Labute approximate surface area is 158 Å². The number of benzene rings is 1. The molecule has 1 amide bonds. The number of nitrogens with one attached hydrogen (secondary N) is 2. The Morgan fingerprint density at radius 2 is 2.11 bits per heavy atom. The number of carbonyl (C=O) groups is 3. The number of hydrogen-bond acceptors (Lipinski definition) is 8. The van der Waals surface area contributed by atoms with Crippen LogP contribution in [0.4, 0.5) is 5.69 Å². The van der Waals surface area contributed by atoms with Crippen LogP contribution in [0, 0.1) is 0 Å². The van der Waals surface area contributed by atoms with Gasteiger partial charge in [-0.15, -0.1) is 11.3 Å². The Bertz CT molecular complexity index is 984. The zero-order valence-electron chi connectivity index (χ0n) is 13.8. The van der Waals surface area contributed by atoms with E-state index < -0.39 is 34.9 Å². The van der Waals surface area contributed by atoms with Crippen LogP contribution in [-0.2, 0) is 24.3 Å². The third kappa shape index (κ3) is 4.70. The summed E-state index contributed by atoms with van der Waals surface area (Å²) in [4.78, 5) is 35.1. The highest BCUT2D eigenvalue weighted by Gasteiger charge is 2.20. The van der Waals surface area contributed by atoms with E-state index in [-0.39, 0.29) is 22.3 Å². The van der Waals surface area contributed by atoms with E-state index in [1.807, 2.05) is 0 Å². The van der Waals surface area contributed by atoms with Gasteiger partial charge in [0, 0.05) is 5.56 Å². The van der Waals surface area contributed by atoms with Gasteiger partial charge >= 0.3 is 5.97 Å². The van der Waals surface area contributed by atoms with E-state index in [1.165, 1.54) is 24.3 Å². The molecule has 0 atom stereocenters. The Kier molecular flexibility index (Phi) is 5.54. The summed E-state index contributed by atoms with van der Waals surface area (Å²) in [6.45, 7) is -1.26. The van der Waals surface area contributed by atoms with Crippen LogP contribution in [0.1, 0.15) is 10.4 Å². The van der Waals surface area contributed by atoms with Crippen molar-refractivity contribution in [1.82, 2.24) is 4.72 Å². The molecule has 1 aliphatic heterocycles. The molecule has 27 heavy (non-hydrogen) atoms. The van der Waals surface area contributed by atoms with Crippen LogP contribution in [0.15, 0.2) is 39.9 Å². The zero-order valence-corrected chi connectivity index (χ0v) is 15.4. The van der Waals surface area contributed by atoms with Gasteiger partial charge in [0.1, 0.15) is 16.5 Å². The lowest BCUT2D eigenvalue weighted by Crippen LogP contribution is -2.31. The van der Waals surface area contributed by atoms with E-state index in [0.29, 0.717) is 11.4 Å². The molecule has 1 aromatic carbocycles. The standard InChI is InChI=1S/C16H14N2O7S2/c19-12(10-3-4-13-11(6-10)18-14(20)9-24-13)8-25-15(21)7-17-27(22,23)16-2-1-5-26-16/h1-6,17H,7-9H2,(H,18,20). The molecule has 3 rings (SSSR count). The second-order valence-corrected chi connectivity index (χ2v) is 8.33. The first-order valence-electron chi connectivity index (χ1n) is 7.64. The summed E-state index contributed by atoms with van der Waals surface area (Å²) in [7, 11) is -3.79. The monoisotopic (exact) mass is 410 g/mol. The van der Waals surface area contributed by atoms with Gasteiger partial charge < -0.3 is 14.8 Å². The highest BCUT2D eigenvalue weighted by molar-refractivity contribution is 7.91. The fourth-order valence-electron chi connectivity index (χ4n) is 2.18. The molecule has 9 nitrogen and oxygen atoms in total. The Hall–Kier alpha value is -2.76.